The molecule has 0 aromatic carbocycles. The number of alkyl halides is 1. The number of nitrogens with zero attached hydrogens (tertiary/aromatic N) is 1. The predicted molar refractivity (Wildman–Crippen MR) is 76.7 cm³/mol. The number of hydrogen-bond acceptors (Lipinski definition) is 3. The van der Waals surface area contributed by atoms with Gasteiger partial charge in [-0.15, -0.1) is 11.6 Å². The maximum atomic E-state index is 12.0. The Balaban J connectivity index is 2.42. The zero-order valence-electron chi connectivity index (χ0n) is 11.4. The average molecular weight is 311 g/mol. The van der Waals surface area contributed by atoms with E-state index in [0.717, 1.165) is 6.42 Å². The molecule has 1 fully saturated rings. The summed E-state index contributed by atoms with van der Waals surface area (Å²) >= 11 is 5.55. The lowest BCUT2D eigenvalue weighted by Gasteiger charge is -2.30. The molecule has 0 aromatic rings. The quantitative estimate of drug-likeness (QED) is 0.567. The van der Waals surface area contributed by atoms with Crippen LogP contribution in [0.5, 0.6) is 0 Å². The molecule has 1 amide bonds. The van der Waals surface area contributed by atoms with Gasteiger partial charge in [0.2, 0.25) is 15.9 Å². The molecule has 1 N–H and O–H groups in total. The van der Waals surface area contributed by atoms with E-state index in [2.05, 4.69) is 5.32 Å². The van der Waals surface area contributed by atoms with Crippen molar-refractivity contribution in [3.63, 3.8) is 0 Å². The summed E-state index contributed by atoms with van der Waals surface area (Å²) in [6, 6.07) is 0. The summed E-state index contributed by atoms with van der Waals surface area (Å²) in [6.45, 7) is 3.40. The monoisotopic (exact) mass is 310 g/mol. The Kier molecular flexibility index (Phi) is 7.10. The summed E-state index contributed by atoms with van der Waals surface area (Å²) in [6.07, 6.45) is 2.54. The van der Waals surface area contributed by atoms with Crippen LogP contribution < -0.4 is 5.32 Å². The van der Waals surface area contributed by atoms with Crippen molar-refractivity contribution in [3.05, 3.63) is 0 Å². The third-order valence-electron chi connectivity index (χ3n) is 3.36. The number of hydrogen-bond donors (Lipinski definition) is 1. The van der Waals surface area contributed by atoms with Gasteiger partial charge in [-0.05, 0) is 32.6 Å². The molecule has 112 valence electrons. The van der Waals surface area contributed by atoms with Crippen molar-refractivity contribution in [1.29, 1.82) is 0 Å². The smallest absolute Gasteiger partial charge is 0.223 e. The van der Waals surface area contributed by atoms with Crippen LogP contribution in [-0.4, -0.2) is 49.9 Å². The van der Waals surface area contributed by atoms with Crippen molar-refractivity contribution < 1.29 is 13.2 Å². The van der Waals surface area contributed by atoms with E-state index in [1.165, 1.54) is 4.31 Å². The zero-order valence-corrected chi connectivity index (χ0v) is 13.0. The number of carbonyl (C=O) groups is 1. The van der Waals surface area contributed by atoms with Crippen molar-refractivity contribution in [3.8, 4) is 0 Å². The lowest BCUT2D eigenvalue weighted by molar-refractivity contribution is -0.126. The molecule has 0 radical (unpaired) electrons. The molecule has 1 saturated heterocycles. The first-order valence-electron chi connectivity index (χ1n) is 6.82. The lowest BCUT2D eigenvalue weighted by atomic mass is 9.97. The molecule has 1 heterocycles. The first-order chi connectivity index (χ1) is 9.01. The molecule has 0 aromatic heterocycles. The van der Waals surface area contributed by atoms with Crippen LogP contribution in [0.15, 0.2) is 0 Å². The van der Waals surface area contributed by atoms with Crippen molar-refractivity contribution in [2.75, 3.05) is 31.3 Å². The number of carbonyl (C=O) groups excluding carboxylic acids is 1. The number of halogens is 1. The summed E-state index contributed by atoms with van der Waals surface area (Å²) in [7, 11) is -3.17. The zero-order chi connectivity index (χ0) is 14.3. The molecule has 1 aliphatic rings. The second-order valence-electron chi connectivity index (χ2n) is 4.78. The van der Waals surface area contributed by atoms with Crippen LogP contribution in [0, 0.1) is 5.92 Å². The Bertz CT molecular complexity index is 378. The Morgan fingerprint density at radius 3 is 2.47 bits per heavy atom. The summed E-state index contributed by atoms with van der Waals surface area (Å²) in [5.41, 5.74) is 0. The molecule has 0 atom stereocenters. The van der Waals surface area contributed by atoms with Gasteiger partial charge in [-0.3, -0.25) is 4.79 Å². The highest BCUT2D eigenvalue weighted by molar-refractivity contribution is 7.89. The third-order valence-corrected chi connectivity index (χ3v) is 5.58. The van der Waals surface area contributed by atoms with E-state index in [9.17, 15) is 13.2 Å². The highest BCUT2D eigenvalue weighted by atomic mass is 35.5. The Labute approximate surface area is 120 Å². The lowest BCUT2D eigenvalue weighted by Crippen LogP contribution is -2.43. The van der Waals surface area contributed by atoms with Gasteiger partial charge in [0.25, 0.3) is 0 Å². The number of unbranched alkanes of at least 4 members (excludes halogenated alkanes) is 1. The highest BCUT2D eigenvalue weighted by Gasteiger charge is 2.30. The van der Waals surface area contributed by atoms with Crippen molar-refractivity contribution in [1.82, 2.24) is 9.62 Å². The molecule has 5 nitrogen and oxygen atoms in total. The van der Waals surface area contributed by atoms with Gasteiger partial charge in [0.1, 0.15) is 0 Å². The predicted octanol–water partition coefficient (Wildman–Crippen LogP) is 1.18. The van der Waals surface area contributed by atoms with E-state index in [1.54, 1.807) is 0 Å². The van der Waals surface area contributed by atoms with Gasteiger partial charge >= 0.3 is 0 Å². The van der Waals surface area contributed by atoms with Crippen molar-refractivity contribution in [2.45, 2.75) is 32.6 Å². The first kappa shape index (κ1) is 16.7. The molecule has 7 heteroatoms. The molecular weight excluding hydrogens is 288 g/mol. The van der Waals surface area contributed by atoms with E-state index in [0.29, 0.717) is 44.8 Å². The Morgan fingerprint density at radius 2 is 1.95 bits per heavy atom. The van der Waals surface area contributed by atoms with Crippen LogP contribution in [-0.2, 0) is 14.8 Å². The number of piperidine rings is 1. The summed E-state index contributed by atoms with van der Waals surface area (Å²) in [4.78, 5) is 11.7. The molecule has 0 saturated carbocycles. The standard InChI is InChI=1S/C12H23ClN2O3S/c1-2-14-12(16)11-5-8-15(9-6-11)19(17,18)10-4-3-7-13/h11H,2-10H2,1H3,(H,14,16). The van der Waals surface area contributed by atoms with Crippen LogP contribution in [0.4, 0.5) is 0 Å². The maximum absolute atomic E-state index is 12.0. The maximum Gasteiger partial charge on any atom is 0.223 e. The van der Waals surface area contributed by atoms with Crippen molar-refractivity contribution >= 4 is 27.5 Å². The Morgan fingerprint density at radius 1 is 1.32 bits per heavy atom. The number of amides is 1. The Hall–Kier alpha value is -0.330. The van der Waals surface area contributed by atoms with E-state index in [-0.39, 0.29) is 17.6 Å². The van der Waals surface area contributed by atoms with Gasteiger partial charge in [0.05, 0.1) is 5.75 Å². The van der Waals surface area contributed by atoms with E-state index in [1.807, 2.05) is 6.92 Å². The van der Waals surface area contributed by atoms with Crippen molar-refractivity contribution in [2.24, 2.45) is 5.92 Å². The normalized spacial score (nSPS) is 18.4. The fourth-order valence-corrected chi connectivity index (χ4v) is 4.01. The number of rotatable bonds is 7. The van der Waals surface area contributed by atoms with E-state index >= 15 is 0 Å². The first-order valence-corrected chi connectivity index (χ1v) is 8.97. The minimum absolute atomic E-state index is 0.0432. The summed E-state index contributed by atoms with van der Waals surface area (Å²) in [5, 5.41) is 2.79. The molecule has 0 aliphatic carbocycles. The van der Waals surface area contributed by atoms with Gasteiger partial charge < -0.3 is 5.32 Å². The van der Waals surface area contributed by atoms with Crippen LogP contribution >= 0.6 is 11.6 Å². The fraction of sp³-hybridized carbons (Fsp3) is 0.917. The number of nitrogens with one attached hydrogen (secondary N) is 1. The largest absolute Gasteiger partial charge is 0.356 e. The highest BCUT2D eigenvalue weighted by Crippen LogP contribution is 2.20. The van der Waals surface area contributed by atoms with Crippen LogP contribution in [0.25, 0.3) is 0 Å². The average Bonchev–Trinajstić information content (AvgIpc) is 2.39. The summed E-state index contributed by atoms with van der Waals surface area (Å²) in [5.74, 6) is 0.649. The molecular formula is C12H23ClN2O3S. The van der Waals surface area contributed by atoms with Gasteiger partial charge in [0, 0.05) is 31.4 Å². The van der Waals surface area contributed by atoms with Crippen LogP contribution in [0.1, 0.15) is 32.6 Å². The van der Waals surface area contributed by atoms with Crippen LogP contribution in [0.2, 0.25) is 0 Å². The van der Waals surface area contributed by atoms with E-state index < -0.39 is 10.0 Å². The topological polar surface area (TPSA) is 66.5 Å². The van der Waals surface area contributed by atoms with Gasteiger partial charge in [-0.1, -0.05) is 0 Å². The molecule has 0 spiro atoms. The molecule has 0 unspecified atom stereocenters. The minimum Gasteiger partial charge on any atom is -0.356 e. The van der Waals surface area contributed by atoms with Gasteiger partial charge in [0.15, 0.2) is 0 Å². The minimum atomic E-state index is -3.17. The molecule has 1 aliphatic heterocycles. The molecule has 19 heavy (non-hydrogen) atoms. The van der Waals surface area contributed by atoms with Gasteiger partial charge in [-0.25, -0.2) is 12.7 Å². The summed E-state index contributed by atoms with van der Waals surface area (Å²) < 4.78 is 25.6. The van der Waals surface area contributed by atoms with Crippen LogP contribution in [0.3, 0.4) is 0 Å². The van der Waals surface area contributed by atoms with E-state index in [4.69, 9.17) is 11.6 Å². The molecule has 1 rings (SSSR count). The third kappa shape index (κ3) is 5.28. The second kappa shape index (κ2) is 8.07. The number of sulfonamides is 1. The molecule has 0 bridgehead atoms. The van der Waals surface area contributed by atoms with Gasteiger partial charge in [-0.2, -0.15) is 0 Å². The second-order valence-corrected chi connectivity index (χ2v) is 7.25. The fourth-order valence-electron chi connectivity index (χ4n) is 2.22. The SMILES string of the molecule is CCNC(=O)C1CCN(S(=O)(=O)CCCCCl)CC1.